The van der Waals surface area contributed by atoms with Crippen LogP contribution in [-0.2, 0) is 15.6 Å². The number of benzene rings is 1. The van der Waals surface area contributed by atoms with Crippen molar-refractivity contribution in [2.24, 2.45) is 0 Å². The van der Waals surface area contributed by atoms with Crippen molar-refractivity contribution in [2.45, 2.75) is 22.8 Å². The zero-order valence-electron chi connectivity index (χ0n) is 19.7. The highest BCUT2D eigenvalue weighted by molar-refractivity contribution is 7.89. The van der Waals surface area contributed by atoms with E-state index in [1.165, 1.54) is 29.2 Å². The van der Waals surface area contributed by atoms with Gasteiger partial charge in [0.25, 0.3) is 5.60 Å². The highest BCUT2D eigenvalue weighted by Crippen LogP contribution is 2.51. The van der Waals surface area contributed by atoms with Crippen LogP contribution in [-0.4, -0.2) is 66.3 Å². The van der Waals surface area contributed by atoms with Gasteiger partial charge in [0.1, 0.15) is 22.3 Å². The van der Waals surface area contributed by atoms with Gasteiger partial charge < -0.3 is 15.7 Å². The summed E-state index contributed by atoms with van der Waals surface area (Å²) in [7, 11) is -3.98. The number of alkyl halides is 6. The van der Waals surface area contributed by atoms with Crippen LogP contribution < -0.4 is 10.6 Å². The minimum absolute atomic E-state index is 0.0564. The van der Waals surface area contributed by atoms with Crippen LogP contribution >= 0.6 is 0 Å². The summed E-state index contributed by atoms with van der Waals surface area (Å²) in [6, 6.07) is 7.41. The van der Waals surface area contributed by atoms with E-state index in [0.29, 0.717) is 6.07 Å². The quantitative estimate of drug-likeness (QED) is 0.444. The Morgan fingerprint density at radius 3 is 2.05 bits per heavy atom. The SMILES string of the molecule is Nc1ccc(S(=O)(=O)N2CCN(c3ncc(C(O)(C(F)(F)F)C(F)(F)F)cc3-c3cccc(F)c3)CC2)cn1. The van der Waals surface area contributed by atoms with Crippen LogP contribution in [0.15, 0.2) is 59.8 Å². The topological polar surface area (TPSA) is 113 Å². The smallest absolute Gasteiger partial charge is 0.384 e. The highest BCUT2D eigenvalue weighted by Gasteiger charge is 2.71. The summed E-state index contributed by atoms with van der Waals surface area (Å²) < 4.78 is 122. The average Bonchev–Trinajstić information content (AvgIpc) is 2.87. The fraction of sp³-hybridized carbons (Fsp3) is 0.304. The Kier molecular flexibility index (Phi) is 7.24. The molecule has 1 fully saturated rings. The van der Waals surface area contributed by atoms with Crippen molar-refractivity contribution in [3.8, 4) is 11.1 Å². The first-order valence-corrected chi connectivity index (χ1v) is 12.6. The van der Waals surface area contributed by atoms with Crippen molar-refractivity contribution < 1.29 is 44.3 Å². The first-order valence-electron chi connectivity index (χ1n) is 11.1. The van der Waals surface area contributed by atoms with Crippen LogP contribution in [0.1, 0.15) is 5.56 Å². The minimum Gasteiger partial charge on any atom is -0.384 e. The molecule has 210 valence electrons. The van der Waals surface area contributed by atoms with Crippen molar-refractivity contribution in [1.29, 1.82) is 0 Å². The van der Waals surface area contributed by atoms with Gasteiger partial charge in [-0.25, -0.2) is 22.8 Å². The molecule has 0 unspecified atom stereocenters. The molecule has 0 bridgehead atoms. The normalized spacial score (nSPS) is 15.9. The first kappa shape index (κ1) is 28.5. The Bertz CT molecular complexity index is 1440. The third-order valence-electron chi connectivity index (χ3n) is 6.18. The summed E-state index contributed by atoms with van der Waals surface area (Å²) in [6.07, 6.45) is -11.0. The summed E-state index contributed by atoms with van der Waals surface area (Å²) in [5.74, 6) is -0.831. The van der Waals surface area contributed by atoms with Crippen LogP contribution in [0.5, 0.6) is 0 Å². The number of nitrogen functional groups attached to an aromatic ring is 1. The summed E-state index contributed by atoms with van der Waals surface area (Å²) in [5, 5.41) is 9.87. The Balaban J connectivity index is 1.72. The van der Waals surface area contributed by atoms with E-state index in [4.69, 9.17) is 5.73 Å². The van der Waals surface area contributed by atoms with Crippen molar-refractivity contribution in [1.82, 2.24) is 14.3 Å². The van der Waals surface area contributed by atoms with E-state index in [1.807, 2.05) is 0 Å². The summed E-state index contributed by atoms with van der Waals surface area (Å²) in [4.78, 5) is 8.89. The van der Waals surface area contributed by atoms with E-state index < -0.39 is 39.4 Å². The van der Waals surface area contributed by atoms with Crippen LogP contribution in [0.25, 0.3) is 11.1 Å². The second kappa shape index (κ2) is 9.91. The van der Waals surface area contributed by atoms with E-state index in [-0.39, 0.29) is 60.0 Å². The summed E-state index contributed by atoms with van der Waals surface area (Å²) in [6.45, 7) is -0.347. The molecule has 3 heterocycles. The number of pyridine rings is 2. The monoisotopic (exact) mass is 579 g/mol. The molecule has 1 aromatic carbocycles. The lowest BCUT2D eigenvalue weighted by atomic mass is 9.91. The number of rotatable bonds is 5. The second-order valence-corrected chi connectivity index (χ2v) is 10.6. The number of sulfonamides is 1. The molecule has 3 N–H and O–H groups in total. The Morgan fingerprint density at radius 1 is 0.872 bits per heavy atom. The van der Waals surface area contributed by atoms with Gasteiger partial charge >= 0.3 is 12.4 Å². The molecule has 0 amide bonds. The maximum absolute atomic E-state index is 14.0. The summed E-state index contributed by atoms with van der Waals surface area (Å²) in [5.41, 5.74) is -1.78. The number of anilines is 2. The molecular formula is C23H20F7N5O3S. The van der Waals surface area contributed by atoms with E-state index in [0.717, 1.165) is 22.6 Å². The number of hydrogen-bond donors (Lipinski definition) is 2. The minimum atomic E-state index is -6.15. The van der Waals surface area contributed by atoms with Crippen molar-refractivity contribution in [3.63, 3.8) is 0 Å². The molecule has 1 aliphatic heterocycles. The number of halogens is 7. The van der Waals surface area contributed by atoms with E-state index in [2.05, 4.69) is 9.97 Å². The maximum Gasteiger partial charge on any atom is 0.430 e. The van der Waals surface area contributed by atoms with E-state index >= 15 is 0 Å². The molecule has 16 heteroatoms. The molecule has 0 radical (unpaired) electrons. The fourth-order valence-electron chi connectivity index (χ4n) is 4.10. The number of nitrogens with zero attached hydrogens (tertiary/aromatic N) is 4. The molecular weight excluding hydrogens is 559 g/mol. The number of aromatic nitrogens is 2. The Hall–Kier alpha value is -3.50. The molecule has 0 aliphatic carbocycles. The summed E-state index contributed by atoms with van der Waals surface area (Å²) >= 11 is 0. The molecule has 39 heavy (non-hydrogen) atoms. The van der Waals surface area contributed by atoms with Gasteiger partial charge in [-0.2, -0.15) is 30.6 Å². The average molecular weight is 579 g/mol. The lowest BCUT2D eigenvalue weighted by Gasteiger charge is -2.36. The predicted octanol–water partition coefficient (Wildman–Crippen LogP) is 3.69. The van der Waals surface area contributed by atoms with Gasteiger partial charge in [0.15, 0.2) is 0 Å². The Morgan fingerprint density at radius 2 is 1.51 bits per heavy atom. The molecule has 0 saturated carbocycles. The highest BCUT2D eigenvalue weighted by atomic mass is 32.2. The van der Waals surface area contributed by atoms with Gasteiger partial charge in [0, 0.05) is 49.7 Å². The third kappa shape index (κ3) is 5.23. The van der Waals surface area contributed by atoms with Crippen LogP contribution in [0, 0.1) is 5.82 Å². The lowest BCUT2D eigenvalue weighted by Crippen LogP contribution is -2.54. The van der Waals surface area contributed by atoms with Crippen LogP contribution in [0.3, 0.4) is 0 Å². The van der Waals surface area contributed by atoms with Gasteiger partial charge in [0.05, 0.1) is 0 Å². The van der Waals surface area contributed by atoms with Gasteiger partial charge in [-0.1, -0.05) is 12.1 Å². The lowest BCUT2D eigenvalue weighted by molar-refractivity contribution is -0.376. The molecule has 8 nitrogen and oxygen atoms in total. The number of piperazine rings is 1. The first-order chi connectivity index (χ1) is 18.1. The number of nitrogens with two attached hydrogens (primary N) is 1. The second-order valence-electron chi connectivity index (χ2n) is 8.62. The van der Waals surface area contributed by atoms with Gasteiger partial charge in [-0.3, -0.25) is 0 Å². The number of aliphatic hydroxyl groups is 1. The van der Waals surface area contributed by atoms with Gasteiger partial charge in [-0.15, -0.1) is 0 Å². The molecule has 4 rings (SSSR count). The molecule has 1 saturated heterocycles. The molecule has 0 atom stereocenters. The molecule has 0 spiro atoms. The van der Waals surface area contributed by atoms with Crippen molar-refractivity contribution in [3.05, 3.63) is 66.2 Å². The van der Waals surface area contributed by atoms with Gasteiger partial charge in [-0.05, 0) is 35.9 Å². The van der Waals surface area contributed by atoms with Crippen LogP contribution in [0.2, 0.25) is 0 Å². The maximum atomic E-state index is 14.0. The van der Waals surface area contributed by atoms with Crippen LogP contribution in [0.4, 0.5) is 42.4 Å². The molecule has 2 aromatic heterocycles. The van der Waals surface area contributed by atoms with E-state index in [1.54, 1.807) is 0 Å². The zero-order valence-corrected chi connectivity index (χ0v) is 20.5. The van der Waals surface area contributed by atoms with Gasteiger partial charge in [0.2, 0.25) is 10.0 Å². The number of hydrogen-bond acceptors (Lipinski definition) is 7. The Labute approximate surface area is 217 Å². The van der Waals surface area contributed by atoms with Crippen molar-refractivity contribution >= 4 is 21.7 Å². The fourth-order valence-corrected chi connectivity index (χ4v) is 5.47. The predicted molar refractivity (Wildman–Crippen MR) is 125 cm³/mol. The third-order valence-corrected chi connectivity index (χ3v) is 8.06. The molecule has 3 aromatic rings. The van der Waals surface area contributed by atoms with E-state index in [9.17, 15) is 44.3 Å². The molecule has 1 aliphatic rings. The standard InChI is InChI=1S/C23H20F7N5O3S/c24-16-3-1-2-14(10-16)18-11-15(21(36,22(25,26)27)23(28,29)30)12-33-20(18)34-6-8-35(9-7-34)39(37,38)17-4-5-19(31)32-13-17/h1-5,10-13,36H,6-9H2,(H2,31,32). The largest absolute Gasteiger partial charge is 0.430 e. The zero-order chi connectivity index (χ0) is 28.8. The van der Waals surface area contributed by atoms with Crippen molar-refractivity contribution in [2.75, 3.05) is 36.8 Å².